The number of nitrogens with zero attached hydrogens (tertiary/aromatic N) is 1. The second-order valence-electron chi connectivity index (χ2n) is 8.25. The third-order valence-electron chi connectivity index (χ3n) is 5.78. The van der Waals surface area contributed by atoms with Crippen molar-refractivity contribution in [3.05, 3.63) is 119 Å². The van der Waals surface area contributed by atoms with Crippen LogP contribution in [0.4, 0.5) is 0 Å². The summed E-state index contributed by atoms with van der Waals surface area (Å²) >= 11 is 0. The molecule has 2 amide bonds. The fourth-order valence-corrected chi connectivity index (χ4v) is 3.98. The highest BCUT2D eigenvalue weighted by molar-refractivity contribution is 6.20. The quantitative estimate of drug-likeness (QED) is 0.342. The number of amides is 2. The summed E-state index contributed by atoms with van der Waals surface area (Å²) in [6.07, 6.45) is 1.62. The lowest BCUT2D eigenvalue weighted by molar-refractivity contribution is -0.252. The van der Waals surface area contributed by atoms with Gasteiger partial charge >= 0.3 is 0 Å². The molecule has 178 valence electrons. The molecule has 2 aliphatic heterocycles. The number of rotatable bonds is 9. The Morgan fingerprint density at radius 2 is 1.29 bits per heavy atom. The van der Waals surface area contributed by atoms with Crippen LogP contribution in [0.1, 0.15) is 31.8 Å². The van der Waals surface area contributed by atoms with Crippen LogP contribution < -0.4 is 0 Å². The Bertz CT molecular complexity index is 1160. The summed E-state index contributed by atoms with van der Waals surface area (Å²) in [5.74, 6) is -1.02. The number of benzene rings is 3. The highest BCUT2D eigenvalue weighted by atomic mass is 16.8. The van der Waals surface area contributed by atoms with Gasteiger partial charge in [0.2, 0.25) is 6.29 Å². The maximum absolute atomic E-state index is 12.7. The van der Waals surface area contributed by atoms with E-state index in [-0.39, 0.29) is 6.61 Å². The first-order valence-corrected chi connectivity index (χ1v) is 11.4. The highest BCUT2D eigenvalue weighted by Gasteiger charge is 2.39. The summed E-state index contributed by atoms with van der Waals surface area (Å²) in [6.45, 7) is 1.05. The van der Waals surface area contributed by atoms with E-state index < -0.39 is 30.3 Å². The zero-order chi connectivity index (χ0) is 24.0. The first-order valence-electron chi connectivity index (χ1n) is 11.4. The van der Waals surface area contributed by atoms with Gasteiger partial charge in [0, 0.05) is 0 Å². The first-order chi connectivity index (χ1) is 17.2. The van der Waals surface area contributed by atoms with E-state index in [1.54, 1.807) is 30.3 Å². The summed E-state index contributed by atoms with van der Waals surface area (Å²) in [7, 11) is 0. The van der Waals surface area contributed by atoms with Gasteiger partial charge in [0.1, 0.15) is 12.2 Å². The van der Waals surface area contributed by atoms with E-state index in [0.29, 0.717) is 24.3 Å². The van der Waals surface area contributed by atoms with Crippen LogP contribution in [0, 0.1) is 0 Å². The van der Waals surface area contributed by atoms with Crippen LogP contribution in [-0.4, -0.2) is 42.0 Å². The molecule has 2 heterocycles. The van der Waals surface area contributed by atoms with E-state index in [4.69, 9.17) is 19.0 Å². The minimum absolute atomic E-state index is 0.237. The summed E-state index contributed by atoms with van der Waals surface area (Å²) in [6, 6.07) is 26.3. The van der Waals surface area contributed by atoms with Crippen molar-refractivity contribution in [2.24, 2.45) is 0 Å². The van der Waals surface area contributed by atoms with Gasteiger partial charge in [-0.3, -0.25) is 9.59 Å². The molecule has 0 radical (unpaired) electrons. The van der Waals surface area contributed by atoms with Gasteiger partial charge in [0.15, 0.2) is 0 Å². The average molecular weight is 472 g/mol. The van der Waals surface area contributed by atoms with E-state index in [1.165, 1.54) is 0 Å². The van der Waals surface area contributed by atoms with Gasteiger partial charge in [-0.2, -0.15) is 0 Å². The van der Waals surface area contributed by atoms with Gasteiger partial charge in [-0.25, -0.2) is 4.84 Å². The van der Waals surface area contributed by atoms with E-state index in [2.05, 4.69) is 0 Å². The standard InChI is InChI=1S/C28H25NO6/c30-27-22-13-7-8-14-23(22)28(31)29(27)35-26-16-15-24(33-18-21-11-5-2-6-12-21)25(34-26)19-32-17-20-9-3-1-4-10-20/h1-16,24-26H,17-19H2/t24-,25+,26?/m0/s1. The van der Waals surface area contributed by atoms with Crippen LogP contribution in [0.2, 0.25) is 0 Å². The summed E-state index contributed by atoms with van der Waals surface area (Å²) < 4.78 is 18.1. The van der Waals surface area contributed by atoms with Crippen molar-refractivity contribution in [2.75, 3.05) is 6.61 Å². The molecule has 7 nitrogen and oxygen atoms in total. The van der Waals surface area contributed by atoms with Crippen LogP contribution >= 0.6 is 0 Å². The second kappa shape index (κ2) is 10.8. The van der Waals surface area contributed by atoms with Crippen LogP contribution in [0.3, 0.4) is 0 Å². The lowest BCUT2D eigenvalue weighted by Gasteiger charge is -2.33. The monoisotopic (exact) mass is 471 g/mol. The second-order valence-corrected chi connectivity index (χ2v) is 8.25. The molecule has 0 bridgehead atoms. The van der Waals surface area contributed by atoms with Crippen LogP contribution in [0.25, 0.3) is 0 Å². The Labute approximate surface area is 203 Å². The fraction of sp³-hybridized carbons (Fsp3) is 0.214. The molecule has 0 aliphatic carbocycles. The molecule has 7 heteroatoms. The molecular formula is C28H25NO6. The molecule has 0 saturated heterocycles. The van der Waals surface area contributed by atoms with Crippen LogP contribution in [0.15, 0.2) is 97.1 Å². The Balaban J connectivity index is 1.25. The maximum Gasteiger partial charge on any atom is 0.286 e. The topological polar surface area (TPSA) is 74.3 Å². The maximum atomic E-state index is 12.7. The number of carbonyl (C=O) groups is 2. The molecule has 1 unspecified atom stereocenters. The number of fused-ring (bicyclic) bond motifs is 1. The SMILES string of the molecule is O=C1c2ccccc2C(=O)N1OC1C=C[C@H](OCc2ccccc2)[C@@H](COCc2ccccc2)O1. The van der Waals surface area contributed by atoms with Crippen LogP contribution in [-0.2, 0) is 32.3 Å². The highest BCUT2D eigenvalue weighted by Crippen LogP contribution is 2.26. The third-order valence-corrected chi connectivity index (χ3v) is 5.78. The molecule has 3 aromatic carbocycles. The van der Waals surface area contributed by atoms with Crippen molar-refractivity contribution in [3.63, 3.8) is 0 Å². The summed E-state index contributed by atoms with van der Waals surface area (Å²) in [5, 5.41) is 0.757. The van der Waals surface area contributed by atoms with Gasteiger partial charge in [0.05, 0.1) is 30.9 Å². The van der Waals surface area contributed by atoms with Gasteiger partial charge in [-0.05, 0) is 29.3 Å². The number of hydrogen-bond donors (Lipinski definition) is 0. The Morgan fingerprint density at radius 3 is 1.91 bits per heavy atom. The zero-order valence-electron chi connectivity index (χ0n) is 19.0. The largest absolute Gasteiger partial charge is 0.374 e. The Morgan fingerprint density at radius 1 is 0.714 bits per heavy atom. The number of ether oxygens (including phenoxy) is 3. The molecule has 3 aromatic rings. The molecule has 2 aliphatic rings. The van der Waals surface area contributed by atoms with E-state index in [9.17, 15) is 9.59 Å². The van der Waals surface area contributed by atoms with Crippen molar-refractivity contribution < 1.29 is 28.6 Å². The summed E-state index contributed by atoms with van der Waals surface area (Å²) in [5.41, 5.74) is 2.70. The predicted molar refractivity (Wildman–Crippen MR) is 127 cm³/mol. The third kappa shape index (κ3) is 5.39. The van der Waals surface area contributed by atoms with E-state index in [0.717, 1.165) is 16.2 Å². The Kier molecular flexibility index (Phi) is 7.11. The molecule has 5 rings (SSSR count). The number of imide groups is 1. The zero-order valence-corrected chi connectivity index (χ0v) is 19.0. The predicted octanol–water partition coefficient (Wildman–Crippen LogP) is 4.30. The van der Waals surface area contributed by atoms with E-state index >= 15 is 0 Å². The minimum atomic E-state index is -0.945. The number of hydrogen-bond acceptors (Lipinski definition) is 6. The lowest BCUT2D eigenvalue weighted by Crippen LogP contribution is -2.44. The molecule has 0 N–H and O–H groups in total. The van der Waals surface area contributed by atoms with Gasteiger partial charge in [0.25, 0.3) is 11.8 Å². The fourth-order valence-electron chi connectivity index (χ4n) is 3.98. The van der Waals surface area contributed by atoms with Crippen LogP contribution in [0.5, 0.6) is 0 Å². The number of hydroxylamine groups is 2. The molecule has 35 heavy (non-hydrogen) atoms. The minimum Gasteiger partial charge on any atom is -0.374 e. The van der Waals surface area contributed by atoms with Crippen molar-refractivity contribution in [2.45, 2.75) is 31.7 Å². The van der Waals surface area contributed by atoms with Crippen molar-refractivity contribution >= 4 is 11.8 Å². The average Bonchev–Trinajstić information content (AvgIpc) is 3.14. The molecule has 0 spiro atoms. The van der Waals surface area contributed by atoms with Gasteiger partial charge in [-0.15, -0.1) is 5.06 Å². The van der Waals surface area contributed by atoms with Crippen molar-refractivity contribution in [1.82, 2.24) is 5.06 Å². The first kappa shape index (κ1) is 23.1. The molecule has 0 aromatic heterocycles. The molecular weight excluding hydrogens is 446 g/mol. The van der Waals surface area contributed by atoms with Gasteiger partial charge in [-0.1, -0.05) is 78.9 Å². The lowest BCUT2D eigenvalue weighted by atomic mass is 10.1. The summed E-state index contributed by atoms with van der Waals surface area (Å²) in [4.78, 5) is 31.0. The van der Waals surface area contributed by atoms with Gasteiger partial charge < -0.3 is 14.2 Å². The van der Waals surface area contributed by atoms with E-state index in [1.807, 2.05) is 66.7 Å². The Hall–Kier alpha value is -3.62. The molecule has 3 atom stereocenters. The van der Waals surface area contributed by atoms with Crippen molar-refractivity contribution in [3.8, 4) is 0 Å². The smallest absolute Gasteiger partial charge is 0.286 e. The molecule has 0 fully saturated rings. The normalized spacial score (nSPS) is 21.4. The molecule has 0 saturated carbocycles. The number of carbonyl (C=O) groups excluding carboxylic acids is 2. The van der Waals surface area contributed by atoms with Crippen molar-refractivity contribution in [1.29, 1.82) is 0 Å².